The van der Waals surface area contributed by atoms with Crippen LogP contribution in [0.1, 0.15) is 36.8 Å². The summed E-state index contributed by atoms with van der Waals surface area (Å²) in [7, 11) is 0. The third kappa shape index (κ3) is 4.56. The summed E-state index contributed by atoms with van der Waals surface area (Å²) in [6.45, 7) is 3.53. The second-order valence-corrected chi connectivity index (χ2v) is 5.06. The number of hydrogen-bond donors (Lipinski definition) is 1. The van der Waals surface area contributed by atoms with Gasteiger partial charge in [-0.1, -0.05) is 11.8 Å². The Morgan fingerprint density at radius 2 is 2.35 bits per heavy atom. The highest BCUT2D eigenvalue weighted by Crippen LogP contribution is 2.19. The molecule has 20 heavy (non-hydrogen) atoms. The molecule has 1 aliphatic heterocycles. The van der Waals surface area contributed by atoms with Gasteiger partial charge in [-0.3, -0.25) is 0 Å². The Labute approximate surface area is 120 Å². The minimum Gasteiger partial charge on any atom is -0.494 e. The largest absolute Gasteiger partial charge is 0.494 e. The zero-order valence-electron chi connectivity index (χ0n) is 12.0. The second kappa shape index (κ2) is 7.94. The highest BCUT2D eigenvalue weighted by atomic mass is 16.5. The van der Waals surface area contributed by atoms with E-state index in [4.69, 9.17) is 14.6 Å². The molecule has 0 radical (unpaired) electrons. The van der Waals surface area contributed by atoms with E-state index < -0.39 is 0 Å². The van der Waals surface area contributed by atoms with Crippen LogP contribution in [0.25, 0.3) is 0 Å². The monoisotopic (exact) mass is 274 g/mol. The Kier molecular flexibility index (Phi) is 5.91. The zero-order chi connectivity index (χ0) is 14.2. The summed E-state index contributed by atoms with van der Waals surface area (Å²) >= 11 is 0. The maximum atomic E-state index is 8.70. The molecule has 3 nitrogen and oxygen atoms in total. The predicted molar refractivity (Wildman–Crippen MR) is 78.8 cm³/mol. The molecule has 1 saturated heterocycles. The predicted octanol–water partition coefficient (Wildman–Crippen LogP) is 2.68. The molecule has 3 heteroatoms. The number of benzene rings is 1. The lowest BCUT2D eigenvalue weighted by Gasteiger charge is -2.10. The summed E-state index contributed by atoms with van der Waals surface area (Å²) in [5.74, 6) is 6.46. The molecule has 0 bridgehead atoms. The number of rotatable bonds is 5. The number of ether oxygens (including phenoxy) is 2. The minimum atomic E-state index is -0.110. The van der Waals surface area contributed by atoms with E-state index in [1.165, 1.54) is 12.8 Å². The molecule has 1 aliphatic rings. The molecule has 0 aromatic heterocycles. The van der Waals surface area contributed by atoms with Gasteiger partial charge in [0.1, 0.15) is 12.4 Å². The van der Waals surface area contributed by atoms with E-state index in [0.29, 0.717) is 6.10 Å². The SMILES string of the molecule is Cc1cc(OCCCC2CCCO2)ccc1C#CCO. The minimum absolute atomic E-state index is 0.110. The fourth-order valence-electron chi connectivity index (χ4n) is 2.37. The lowest BCUT2D eigenvalue weighted by atomic mass is 10.1. The Bertz CT molecular complexity index is 479. The van der Waals surface area contributed by atoms with E-state index in [-0.39, 0.29) is 6.61 Å². The maximum absolute atomic E-state index is 8.70. The van der Waals surface area contributed by atoms with Gasteiger partial charge in [0.05, 0.1) is 12.7 Å². The standard InChI is InChI=1S/C17H22O3/c1-14-13-17(9-8-15(14)5-2-10-18)20-12-4-7-16-6-3-11-19-16/h8-9,13,16,18H,3-4,6-7,10-12H2,1H3. The van der Waals surface area contributed by atoms with Crippen LogP contribution in [-0.2, 0) is 4.74 Å². The van der Waals surface area contributed by atoms with Gasteiger partial charge >= 0.3 is 0 Å². The first-order valence-corrected chi connectivity index (χ1v) is 7.24. The molecule has 1 unspecified atom stereocenters. The Morgan fingerprint density at radius 1 is 1.45 bits per heavy atom. The molecule has 1 atom stereocenters. The number of hydrogen-bond acceptors (Lipinski definition) is 3. The molecular formula is C17H22O3. The van der Waals surface area contributed by atoms with Gasteiger partial charge in [0.15, 0.2) is 0 Å². The summed E-state index contributed by atoms with van der Waals surface area (Å²) in [4.78, 5) is 0. The van der Waals surface area contributed by atoms with Crippen LogP contribution < -0.4 is 4.74 Å². The molecule has 1 fully saturated rings. The van der Waals surface area contributed by atoms with Crippen molar-refractivity contribution in [1.29, 1.82) is 0 Å². The van der Waals surface area contributed by atoms with Gasteiger partial charge in [0.2, 0.25) is 0 Å². The molecule has 0 amide bonds. The van der Waals surface area contributed by atoms with Crippen LogP contribution in [-0.4, -0.2) is 31.0 Å². The van der Waals surface area contributed by atoms with Gasteiger partial charge in [0.25, 0.3) is 0 Å². The fourth-order valence-corrected chi connectivity index (χ4v) is 2.37. The van der Waals surface area contributed by atoms with Crippen molar-refractivity contribution in [3.05, 3.63) is 29.3 Å². The van der Waals surface area contributed by atoms with Crippen molar-refractivity contribution in [3.8, 4) is 17.6 Å². The summed E-state index contributed by atoms with van der Waals surface area (Å²) in [6, 6.07) is 5.86. The van der Waals surface area contributed by atoms with Crippen molar-refractivity contribution in [1.82, 2.24) is 0 Å². The first-order chi connectivity index (χ1) is 9.79. The van der Waals surface area contributed by atoms with E-state index in [2.05, 4.69) is 11.8 Å². The van der Waals surface area contributed by atoms with Crippen LogP contribution >= 0.6 is 0 Å². The first kappa shape index (κ1) is 14.9. The molecule has 0 spiro atoms. The highest BCUT2D eigenvalue weighted by Gasteiger charge is 2.14. The van der Waals surface area contributed by atoms with Gasteiger partial charge in [-0.2, -0.15) is 0 Å². The Morgan fingerprint density at radius 3 is 3.05 bits per heavy atom. The summed E-state index contributed by atoms with van der Waals surface area (Å²) in [5.41, 5.74) is 2.01. The van der Waals surface area contributed by atoms with E-state index >= 15 is 0 Å². The molecule has 1 heterocycles. The van der Waals surface area contributed by atoms with Crippen LogP contribution in [0, 0.1) is 18.8 Å². The average Bonchev–Trinajstić information content (AvgIpc) is 2.96. The van der Waals surface area contributed by atoms with Gasteiger partial charge in [-0.05, 0) is 56.4 Å². The lowest BCUT2D eigenvalue weighted by Crippen LogP contribution is -2.07. The van der Waals surface area contributed by atoms with Gasteiger partial charge in [0, 0.05) is 12.2 Å². The van der Waals surface area contributed by atoms with E-state index in [9.17, 15) is 0 Å². The molecule has 2 rings (SSSR count). The molecule has 1 aromatic rings. The second-order valence-electron chi connectivity index (χ2n) is 5.06. The fraction of sp³-hybridized carbons (Fsp3) is 0.529. The third-order valence-corrected chi connectivity index (χ3v) is 3.46. The van der Waals surface area contributed by atoms with Gasteiger partial charge < -0.3 is 14.6 Å². The van der Waals surface area contributed by atoms with Crippen molar-refractivity contribution in [3.63, 3.8) is 0 Å². The average molecular weight is 274 g/mol. The summed E-state index contributed by atoms with van der Waals surface area (Å²) in [5, 5.41) is 8.70. The van der Waals surface area contributed by atoms with E-state index in [0.717, 1.165) is 42.9 Å². The van der Waals surface area contributed by atoms with Gasteiger partial charge in [-0.15, -0.1) is 0 Å². The van der Waals surface area contributed by atoms with E-state index in [1.54, 1.807) is 0 Å². The van der Waals surface area contributed by atoms with Crippen LogP contribution in [0.3, 0.4) is 0 Å². The Hall–Kier alpha value is -1.50. The van der Waals surface area contributed by atoms with Crippen molar-refractivity contribution in [2.24, 2.45) is 0 Å². The third-order valence-electron chi connectivity index (χ3n) is 3.46. The van der Waals surface area contributed by atoms with Crippen molar-refractivity contribution in [2.45, 2.75) is 38.7 Å². The number of aliphatic hydroxyl groups is 1. The van der Waals surface area contributed by atoms with Crippen LogP contribution in [0.15, 0.2) is 18.2 Å². The molecule has 1 N–H and O–H groups in total. The molecule has 108 valence electrons. The van der Waals surface area contributed by atoms with Crippen molar-refractivity contribution in [2.75, 3.05) is 19.8 Å². The normalized spacial score (nSPS) is 17.6. The molecule has 1 aromatic carbocycles. The number of aryl methyl sites for hydroxylation is 1. The first-order valence-electron chi connectivity index (χ1n) is 7.24. The van der Waals surface area contributed by atoms with Crippen LogP contribution in [0.5, 0.6) is 5.75 Å². The summed E-state index contributed by atoms with van der Waals surface area (Å²) in [6.07, 6.45) is 4.93. The number of aliphatic hydroxyl groups excluding tert-OH is 1. The maximum Gasteiger partial charge on any atom is 0.119 e. The van der Waals surface area contributed by atoms with E-state index in [1.807, 2.05) is 25.1 Å². The summed E-state index contributed by atoms with van der Waals surface area (Å²) < 4.78 is 11.3. The smallest absolute Gasteiger partial charge is 0.119 e. The molecule has 0 saturated carbocycles. The van der Waals surface area contributed by atoms with Crippen LogP contribution in [0.4, 0.5) is 0 Å². The molecule has 0 aliphatic carbocycles. The van der Waals surface area contributed by atoms with Crippen molar-refractivity contribution < 1.29 is 14.6 Å². The topological polar surface area (TPSA) is 38.7 Å². The molecular weight excluding hydrogens is 252 g/mol. The van der Waals surface area contributed by atoms with Crippen LogP contribution in [0.2, 0.25) is 0 Å². The van der Waals surface area contributed by atoms with Crippen molar-refractivity contribution >= 4 is 0 Å². The quantitative estimate of drug-likeness (QED) is 0.663. The highest BCUT2D eigenvalue weighted by molar-refractivity contribution is 5.44. The Balaban J connectivity index is 1.76. The zero-order valence-corrected chi connectivity index (χ0v) is 12.0. The van der Waals surface area contributed by atoms with Gasteiger partial charge in [-0.25, -0.2) is 0 Å². The lowest BCUT2D eigenvalue weighted by molar-refractivity contribution is 0.0981.